The predicted molar refractivity (Wildman–Crippen MR) is 219 cm³/mol. The average Bonchev–Trinajstić information content (AvgIpc) is 3.66. The lowest BCUT2D eigenvalue weighted by molar-refractivity contribution is -0.122. The van der Waals surface area contributed by atoms with Gasteiger partial charge in [0.15, 0.2) is 5.58 Å². The maximum absolute atomic E-state index is 13.1. The number of aromatic nitrogens is 3. The smallest absolute Gasteiger partial charge is 0.240 e. The van der Waals surface area contributed by atoms with Gasteiger partial charge in [0, 0.05) is 43.3 Å². The number of methoxy groups -OCH3 is 1. The van der Waals surface area contributed by atoms with Crippen LogP contribution in [0.5, 0.6) is 5.88 Å². The molecule has 3 atom stereocenters. The number of fused-ring (bicyclic) bond motifs is 2. The van der Waals surface area contributed by atoms with Crippen LogP contribution in [0.1, 0.15) is 67.5 Å². The van der Waals surface area contributed by atoms with Crippen molar-refractivity contribution in [1.29, 1.82) is 0 Å². The molecule has 2 saturated heterocycles. The summed E-state index contributed by atoms with van der Waals surface area (Å²) in [5.41, 5.74) is 8.79. The monoisotopic (exact) mass is 830 g/mol. The number of β-amino-alcohol motifs (C(OH)–C–C–N with tert-alkyl or cyclic N) is 1. The molecule has 0 bridgehead atoms. The number of aliphatic hydroxyl groups is 1. The van der Waals surface area contributed by atoms with Crippen molar-refractivity contribution in [2.24, 2.45) is 5.92 Å². The molecule has 2 aliphatic heterocycles. The molecule has 2 N–H and O–H groups in total. The summed E-state index contributed by atoms with van der Waals surface area (Å²) in [6, 6.07) is 13.8. The number of nitrogens with zero attached hydrogens (tertiary/aromatic N) is 5. The largest absolute Gasteiger partial charge is 0.480 e. The minimum atomic E-state index is -3.68. The lowest BCUT2D eigenvalue weighted by Crippen LogP contribution is -2.42. The molecule has 0 radical (unpaired) electrons. The Morgan fingerprint density at radius 1 is 1.02 bits per heavy atom. The van der Waals surface area contributed by atoms with Crippen LogP contribution in [0.2, 0.25) is 10.0 Å². The van der Waals surface area contributed by atoms with Crippen molar-refractivity contribution in [2.45, 2.75) is 75.8 Å². The molecule has 4 heterocycles. The van der Waals surface area contributed by atoms with Crippen molar-refractivity contribution in [3.63, 3.8) is 0 Å². The minimum absolute atomic E-state index is 0.0273. The number of carbonyl (C=O) groups is 1. The van der Waals surface area contributed by atoms with Gasteiger partial charge in [-0.1, -0.05) is 53.5 Å². The van der Waals surface area contributed by atoms with Crippen molar-refractivity contribution >= 4 is 50.2 Å². The quantitative estimate of drug-likeness (QED) is 0.148. The van der Waals surface area contributed by atoms with E-state index in [9.17, 15) is 18.3 Å². The van der Waals surface area contributed by atoms with E-state index in [0.717, 1.165) is 64.9 Å². The Labute approximate surface area is 341 Å². The van der Waals surface area contributed by atoms with Gasteiger partial charge in [-0.05, 0) is 93.3 Å². The van der Waals surface area contributed by atoms with Gasteiger partial charge in [0.25, 0.3) is 0 Å². The molecule has 5 aromatic rings. The first-order chi connectivity index (χ1) is 27.3. The highest BCUT2D eigenvalue weighted by Gasteiger charge is 2.51. The van der Waals surface area contributed by atoms with Crippen LogP contribution in [-0.4, -0.2) is 88.3 Å². The second kappa shape index (κ2) is 14.6. The highest BCUT2D eigenvalue weighted by Crippen LogP contribution is 2.47. The molecule has 2 aromatic heterocycles. The number of hydrogen-bond acceptors (Lipinski definition) is 11. The van der Waals surface area contributed by atoms with Crippen LogP contribution in [0.3, 0.4) is 0 Å². The number of hydrogen-bond donors (Lipinski definition) is 2. The second-order valence-corrected chi connectivity index (χ2v) is 19.1. The van der Waals surface area contributed by atoms with Crippen LogP contribution >= 0.6 is 23.2 Å². The Morgan fingerprint density at radius 2 is 1.77 bits per heavy atom. The summed E-state index contributed by atoms with van der Waals surface area (Å²) in [5.74, 6) is -0.0135. The molecule has 1 amide bonds. The van der Waals surface area contributed by atoms with Gasteiger partial charge in [-0.2, -0.15) is 0 Å². The topological polar surface area (TPSA) is 151 Å². The summed E-state index contributed by atoms with van der Waals surface area (Å²) in [4.78, 5) is 31.9. The summed E-state index contributed by atoms with van der Waals surface area (Å²) in [6.07, 6.45) is 5.50. The number of halogens is 2. The summed E-state index contributed by atoms with van der Waals surface area (Å²) in [6.45, 7) is 6.82. The van der Waals surface area contributed by atoms with Crippen LogP contribution in [0, 0.1) is 12.8 Å². The molecule has 15 heteroatoms. The summed E-state index contributed by atoms with van der Waals surface area (Å²) >= 11 is 14.3. The van der Waals surface area contributed by atoms with Gasteiger partial charge in [-0.15, -0.1) is 0 Å². The van der Waals surface area contributed by atoms with Crippen molar-refractivity contribution in [3.8, 4) is 39.7 Å². The number of nitrogens with one attached hydrogen (secondary N) is 1. The van der Waals surface area contributed by atoms with Crippen molar-refractivity contribution in [1.82, 2.24) is 29.5 Å². The Kier molecular flexibility index (Phi) is 9.85. The van der Waals surface area contributed by atoms with E-state index in [-0.39, 0.29) is 12.1 Å². The first-order valence-electron chi connectivity index (χ1n) is 19.5. The molecule has 9 rings (SSSR count). The van der Waals surface area contributed by atoms with E-state index in [1.807, 2.05) is 49.4 Å². The molecule has 0 spiro atoms. The third-order valence-electron chi connectivity index (χ3n) is 12.4. The van der Waals surface area contributed by atoms with Crippen LogP contribution in [0.15, 0.2) is 53.1 Å². The fourth-order valence-corrected chi connectivity index (χ4v) is 10.7. The second-order valence-electron chi connectivity index (χ2n) is 16.1. The van der Waals surface area contributed by atoms with Crippen LogP contribution < -0.4 is 9.46 Å². The van der Waals surface area contributed by atoms with E-state index in [0.29, 0.717) is 89.6 Å². The number of rotatable bonds is 10. The normalized spacial score (nSPS) is 22.0. The Hall–Kier alpha value is -4.11. The summed E-state index contributed by atoms with van der Waals surface area (Å²) < 4.78 is 39.0. The third-order valence-corrected chi connectivity index (χ3v) is 15.4. The standard InChI is InChI=1S/C42H44Cl2N6O6S/c1-23-26(6-4-7-27(23)33-19-45-34(41(47-33)55-3)22-49-16-13-25(51)21-49)28-8-5-9-30(36(28)43)40-46-32-18-31-29(37(44)38(32)56-40)10-11-35(31)50-17-12-24(20-50)39(52)48-57(53,54)42(2)14-15-42/h4-9,18-19,24-25,35,51H,10-17,20-22H2,1-3H3,(H,48,52)/t24-,25-,35-/m1/s1. The SMILES string of the molecule is COc1nc(-c2cccc(-c3cccc(-c4nc5cc6c(c(Cl)c5o4)CC[C@H]6N4CC[C@@H](C(=O)NS(=O)(=O)C5(C)CC5)C4)c3Cl)c2C)cnc1CN1CC[C@@H](O)C1. The van der Waals surface area contributed by atoms with Crippen molar-refractivity contribution < 1.29 is 27.5 Å². The molecule has 3 fully saturated rings. The molecule has 0 unspecified atom stereocenters. The molecule has 3 aromatic carbocycles. The highest BCUT2D eigenvalue weighted by atomic mass is 35.5. The van der Waals surface area contributed by atoms with E-state index in [1.165, 1.54) is 0 Å². The minimum Gasteiger partial charge on any atom is -0.480 e. The van der Waals surface area contributed by atoms with E-state index >= 15 is 0 Å². The lowest BCUT2D eigenvalue weighted by Gasteiger charge is -2.25. The molecule has 12 nitrogen and oxygen atoms in total. The van der Waals surface area contributed by atoms with E-state index in [4.69, 9.17) is 47.3 Å². The highest BCUT2D eigenvalue weighted by molar-refractivity contribution is 7.91. The molecular formula is C42H44Cl2N6O6S. The number of carbonyl (C=O) groups excluding carboxylic acids is 1. The molecule has 4 aliphatic rings. The fourth-order valence-electron chi connectivity index (χ4n) is 8.71. The Balaban J connectivity index is 0.970. The number of benzene rings is 3. The van der Waals surface area contributed by atoms with Gasteiger partial charge in [-0.25, -0.2) is 18.4 Å². The van der Waals surface area contributed by atoms with Crippen LogP contribution in [0.25, 0.3) is 44.9 Å². The zero-order chi connectivity index (χ0) is 39.8. The van der Waals surface area contributed by atoms with Crippen molar-refractivity contribution in [3.05, 3.63) is 81.1 Å². The van der Waals surface area contributed by atoms with E-state index in [2.05, 4.69) is 14.5 Å². The molecule has 2 aliphatic carbocycles. The molecule has 1 saturated carbocycles. The number of likely N-dealkylation sites (tertiary alicyclic amines) is 2. The van der Waals surface area contributed by atoms with Gasteiger partial charge < -0.3 is 14.3 Å². The molecule has 57 heavy (non-hydrogen) atoms. The fraction of sp³-hybridized carbons (Fsp3) is 0.429. The van der Waals surface area contributed by atoms with Gasteiger partial charge in [0.05, 0.1) is 51.4 Å². The number of sulfonamides is 1. The zero-order valence-electron chi connectivity index (χ0n) is 32.0. The van der Waals surface area contributed by atoms with Gasteiger partial charge in [0.1, 0.15) is 11.2 Å². The number of aliphatic hydroxyl groups excluding tert-OH is 1. The number of amides is 1. The maximum atomic E-state index is 13.1. The third kappa shape index (κ3) is 6.89. The Morgan fingerprint density at radius 3 is 2.51 bits per heavy atom. The molecular weight excluding hydrogens is 787 g/mol. The first-order valence-corrected chi connectivity index (χ1v) is 21.7. The van der Waals surface area contributed by atoms with Crippen LogP contribution in [-0.2, 0) is 27.8 Å². The zero-order valence-corrected chi connectivity index (χ0v) is 34.3. The van der Waals surface area contributed by atoms with E-state index in [1.54, 1.807) is 20.2 Å². The van der Waals surface area contributed by atoms with Gasteiger partial charge in [0.2, 0.25) is 27.7 Å². The van der Waals surface area contributed by atoms with E-state index < -0.39 is 26.6 Å². The Bertz CT molecular complexity index is 2540. The first kappa shape index (κ1) is 38.4. The summed E-state index contributed by atoms with van der Waals surface area (Å²) in [7, 11) is -2.09. The maximum Gasteiger partial charge on any atom is 0.240 e. The van der Waals surface area contributed by atoms with Gasteiger partial charge >= 0.3 is 0 Å². The average molecular weight is 832 g/mol. The van der Waals surface area contributed by atoms with Crippen molar-refractivity contribution in [2.75, 3.05) is 33.3 Å². The number of oxazole rings is 1. The van der Waals surface area contributed by atoms with Gasteiger partial charge in [-0.3, -0.25) is 24.3 Å². The lowest BCUT2D eigenvalue weighted by atomic mass is 9.94. The predicted octanol–water partition coefficient (Wildman–Crippen LogP) is 7.12. The summed E-state index contributed by atoms with van der Waals surface area (Å²) in [5, 5.41) is 11.0. The van der Waals surface area contributed by atoms with Crippen LogP contribution in [0.4, 0.5) is 0 Å². The number of ether oxygens (including phenoxy) is 1. The molecule has 298 valence electrons.